The van der Waals surface area contributed by atoms with Crippen molar-refractivity contribution in [3.8, 4) is 5.69 Å². The summed E-state index contributed by atoms with van der Waals surface area (Å²) < 4.78 is 7.29. The van der Waals surface area contributed by atoms with Crippen molar-refractivity contribution >= 4 is 29.4 Å². The molecule has 3 amide bonds. The zero-order valence-corrected chi connectivity index (χ0v) is 24.2. The number of amides is 3. The van der Waals surface area contributed by atoms with Gasteiger partial charge in [0.2, 0.25) is 0 Å². The van der Waals surface area contributed by atoms with Crippen molar-refractivity contribution in [3.63, 3.8) is 0 Å². The third-order valence-corrected chi connectivity index (χ3v) is 7.39. The number of nitrogens with zero attached hydrogens (tertiary/aromatic N) is 5. The zero-order chi connectivity index (χ0) is 28.7. The summed E-state index contributed by atoms with van der Waals surface area (Å²) >= 11 is 0. The smallest absolute Gasteiger partial charge is 0.410 e. The molecule has 1 aliphatic heterocycles. The van der Waals surface area contributed by atoms with E-state index in [4.69, 9.17) is 9.84 Å². The maximum atomic E-state index is 13.0. The Hall–Kier alpha value is -4.08. The molecule has 212 valence electrons. The maximum Gasteiger partial charge on any atom is 0.410 e. The number of hydrogen-bond donors (Lipinski definition) is 2. The van der Waals surface area contributed by atoms with Crippen LogP contribution in [0.1, 0.15) is 57.4 Å². The number of hydrogen-bond acceptors (Lipinski definition) is 6. The number of carbonyl (C=O) groups excluding carboxylic acids is 2. The van der Waals surface area contributed by atoms with Gasteiger partial charge in [0.05, 0.1) is 23.3 Å². The third-order valence-electron chi connectivity index (χ3n) is 7.39. The number of piperazine rings is 1. The molecule has 2 aromatic heterocycles. The molecule has 0 atom stereocenters. The Bertz CT molecular complexity index is 1400. The summed E-state index contributed by atoms with van der Waals surface area (Å²) in [6, 6.07) is 11.6. The van der Waals surface area contributed by atoms with Crippen molar-refractivity contribution in [3.05, 3.63) is 59.4 Å². The van der Waals surface area contributed by atoms with Gasteiger partial charge in [-0.3, -0.25) is 5.32 Å². The fourth-order valence-corrected chi connectivity index (χ4v) is 4.76. The number of aromatic nitrogens is 3. The maximum absolute atomic E-state index is 13.0. The molecule has 0 radical (unpaired) electrons. The molecule has 2 N–H and O–H groups in total. The first-order chi connectivity index (χ1) is 18.9. The van der Waals surface area contributed by atoms with E-state index in [0.29, 0.717) is 37.7 Å². The summed E-state index contributed by atoms with van der Waals surface area (Å²) in [5.41, 5.74) is 4.13. The minimum Gasteiger partial charge on any atom is -0.444 e. The minimum atomic E-state index is -0.514. The topological polar surface area (TPSA) is 105 Å². The first kappa shape index (κ1) is 27.5. The molecule has 10 heteroatoms. The van der Waals surface area contributed by atoms with Gasteiger partial charge in [0.1, 0.15) is 17.2 Å². The van der Waals surface area contributed by atoms with Gasteiger partial charge < -0.3 is 19.9 Å². The molecular formula is C30H39N7O3. The van der Waals surface area contributed by atoms with Crippen molar-refractivity contribution in [2.24, 2.45) is 0 Å². The SMILES string of the molecule is Cc1ccc(-n2nc(C3(C)CC3)cc2NC(=O)Nc2cnc(N3CCN(C(=O)OC(C)(C)C)CC3)c(C)c2)cc1. The number of aryl methyl sites for hydroxylation is 2. The van der Waals surface area contributed by atoms with E-state index < -0.39 is 5.60 Å². The van der Waals surface area contributed by atoms with Crippen LogP contribution in [0.5, 0.6) is 0 Å². The van der Waals surface area contributed by atoms with Gasteiger partial charge in [-0.1, -0.05) is 24.6 Å². The lowest BCUT2D eigenvalue weighted by molar-refractivity contribution is 0.0240. The summed E-state index contributed by atoms with van der Waals surface area (Å²) in [5.74, 6) is 1.46. The van der Waals surface area contributed by atoms with E-state index in [1.165, 1.54) is 0 Å². The number of urea groups is 1. The highest BCUT2D eigenvalue weighted by atomic mass is 16.6. The Labute approximate surface area is 235 Å². The summed E-state index contributed by atoms with van der Waals surface area (Å²) in [5, 5.41) is 10.7. The van der Waals surface area contributed by atoms with E-state index in [-0.39, 0.29) is 17.5 Å². The summed E-state index contributed by atoms with van der Waals surface area (Å²) in [6.45, 7) is 14.3. The molecule has 40 heavy (non-hydrogen) atoms. The van der Waals surface area contributed by atoms with Crippen LogP contribution in [0.3, 0.4) is 0 Å². The van der Waals surface area contributed by atoms with Crippen molar-refractivity contribution in [1.82, 2.24) is 19.7 Å². The molecule has 1 saturated carbocycles. The lowest BCUT2D eigenvalue weighted by atomic mass is 10.1. The predicted molar refractivity (Wildman–Crippen MR) is 157 cm³/mol. The highest BCUT2D eigenvalue weighted by Crippen LogP contribution is 2.47. The second-order valence-electron chi connectivity index (χ2n) is 12.1. The van der Waals surface area contributed by atoms with Crippen molar-refractivity contribution < 1.29 is 14.3 Å². The van der Waals surface area contributed by atoms with Gasteiger partial charge in [0.15, 0.2) is 0 Å². The fourth-order valence-electron chi connectivity index (χ4n) is 4.76. The minimum absolute atomic E-state index is 0.0676. The molecule has 5 rings (SSSR count). The van der Waals surface area contributed by atoms with Gasteiger partial charge in [-0.05, 0) is 71.2 Å². The number of carbonyl (C=O) groups is 2. The van der Waals surface area contributed by atoms with Crippen molar-refractivity contribution in [2.45, 2.75) is 65.4 Å². The van der Waals surface area contributed by atoms with Crippen LogP contribution < -0.4 is 15.5 Å². The van der Waals surface area contributed by atoms with Gasteiger partial charge in [0, 0.05) is 37.7 Å². The van der Waals surface area contributed by atoms with Crippen LogP contribution in [0, 0.1) is 13.8 Å². The molecule has 1 saturated heterocycles. The Morgan fingerprint density at radius 2 is 1.65 bits per heavy atom. The molecule has 10 nitrogen and oxygen atoms in total. The molecule has 0 unspecified atom stereocenters. The van der Waals surface area contributed by atoms with Crippen LogP contribution in [0.4, 0.5) is 26.9 Å². The second kappa shape index (κ2) is 10.5. The molecule has 3 aromatic rings. The van der Waals surface area contributed by atoms with Gasteiger partial charge in [-0.25, -0.2) is 19.3 Å². The van der Waals surface area contributed by atoms with Crippen LogP contribution in [0.25, 0.3) is 5.69 Å². The molecular weight excluding hydrogens is 506 g/mol. The number of anilines is 3. The highest BCUT2D eigenvalue weighted by molar-refractivity contribution is 5.99. The standard InChI is InChI=1S/C30H39N7O3/c1-20-7-9-23(10-8-20)37-25(18-24(34-37)30(6)11-12-30)33-27(38)32-22-17-21(2)26(31-19-22)35-13-15-36(16-14-35)28(39)40-29(3,4)5/h7-10,17-19H,11-16H2,1-6H3,(H2,32,33,38). The van der Waals surface area contributed by atoms with Gasteiger partial charge >= 0.3 is 12.1 Å². The number of ether oxygens (including phenoxy) is 1. The largest absolute Gasteiger partial charge is 0.444 e. The lowest BCUT2D eigenvalue weighted by Gasteiger charge is -2.36. The van der Waals surface area contributed by atoms with E-state index in [2.05, 4.69) is 27.4 Å². The molecule has 3 heterocycles. The van der Waals surface area contributed by atoms with E-state index in [0.717, 1.165) is 41.2 Å². The molecule has 0 spiro atoms. The van der Waals surface area contributed by atoms with E-state index >= 15 is 0 Å². The van der Waals surface area contributed by atoms with Gasteiger partial charge in [-0.15, -0.1) is 0 Å². The summed E-state index contributed by atoms with van der Waals surface area (Å²) in [7, 11) is 0. The Morgan fingerprint density at radius 1 is 0.975 bits per heavy atom. The van der Waals surface area contributed by atoms with Crippen LogP contribution in [-0.2, 0) is 10.2 Å². The highest BCUT2D eigenvalue weighted by Gasteiger charge is 2.42. The van der Waals surface area contributed by atoms with Gasteiger partial charge in [0.25, 0.3) is 0 Å². The van der Waals surface area contributed by atoms with Gasteiger partial charge in [-0.2, -0.15) is 5.10 Å². The molecule has 0 bridgehead atoms. The van der Waals surface area contributed by atoms with Crippen molar-refractivity contribution in [1.29, 1.82) is 0 Å². The zero-order valence-electron chi connectivity index (χ0n) is 24.2. The lowest BCUT2D eigenvalue weighted by Crippen LogP contribution is -2.50. The second-order valence-corrected chi connectivity index (χ2v) is 12.1. The predicted octanol–water partition coefficient (Wildman–Crippen LogP) is 5.64. The quantitative estimate of drug-likeness (QED) is 0.430. The molecule has 2 aliphatic rings. The average molecular weight is 546 g/mol. The Morgan fingerprint density at radius 3 is 2.25 bits per heavy atom. The van der Waals surface area contributed by atoms with Crippen LogP contribution in [0.15, 0.2) is 42.6 Å². The third kappa shape index (κ3) is 6.21. The number of benzene rings is 1. The number of pyridine rings is 1. The van der Waals surface area contributed by atoms with E-state index in [1.807, 2.05) is 71.0 Å². The van der Waals surface area contributed by atoms with Crippen LogP contribution in [-0.4, -0.2) is 63.6 Å². The monoisotopic (exact) mass is 545 g/mol. The number of rotatable bonds is 5. The first-order valence-electron chi connectivity index (χ1n) is 13.9. The molecule has 1 aromatic carbocycles. The van der Waals surface area contributed by atoms with E-state index in [9.17, 15) is 9.59 Å². The summed E-state index contributed by atoms with van der Waals surface area (Å²) in [6.07, 6.45) is 3.56. The molecule has 1 aliphatic carbocycles. The Kier molecular flexibility index (Phi) is 7.20. The first-order valence-corrected chi connectivity index (χ1v) is 13.9. The van der Waals surface area contributed by atoms with Crippen LogP contribution in [0.2, 0.25) is 0 Å². The fraction of sp³-hybridized carbons (Fsp3) is 0.467. The van der Waals surface area contributed by atoms with Crippen LogP contribution >= 0.6 is 0 Å². The molecule has 2 fully saturated rings. The average Bonchev–Trinajstić information content (AvgIpc) is 3.50. The van der Waals surface area contributed by atoms with E-state index in [1.54, 1.807) is 15.8 Å². The van der Waals surface area contributed by atoms with Crippen molar-refractivity contribution in [2.75, 3.05) is 41.7 Å². The Balaban J connectivity index is 1.23. The normalized spacial score (nSPS) is 16.4. The summed E-state index contributed by atoms with van der Waals surface area (Å²) in [4.78, 5) is 34.0. The number of nitrogens with one attached hydrogen (secondary N) is 2.